The minimum absolute atomic E-state index is 0.0586. The van der Waals surface area contributed by atoms with Gasteiger partial charge in [-0.3, -0.25) is 4.79 Å². The van der Waals surface area contributed by atoms with Gasteiger partial charge in [0.05, 0.1) is 11.7 Å². The lowest BCUT2D eigenvalue weighted by molar-refractivity contribution is -0.123. The van der Waals surface area contributed by atoms with Crippen molar-refractivity contribution in [2.45, 2.75) is 39.9 Å². The molecule has 0 aliphatic heterocycles. The summed E-state index contributed by atoms with van der Waals surface area (Å²) in [5.41, 5.74) is 2.13. The number of benzene rings is 2. The number of anilines is 1. The van der Waals surface area contributed by atoms with Crippen LogP contribution in [0.15, 0.2) is 48.5 Å². The van der Waals surface area contributed by atoms with Gasteiger partial charge in [-0.05, 0) is 64.1 Å². The Labute approximate surface area is 148 Å². The van der Waals surface area contributed by atoms with Gasteiger partial charge < -0.3 is 14.8 Å². The van der Waals surface area contributed by atoms with E-state index in [1.54, 1.807) is 36.4 Å². The first-order valence-electron chi connectivity index (χ1n) is 8.20. The van der Waals surface area contributed by atoms with Crippen molar-refractivity contribution in [3.8, 4) is 5.75 Å². The number of esters is 1. The van der Waals surface area contributed by atoms with Crippen molar-refractivity contribution in [3.05, 3.63) is 59.7 Å². The fraction of sp³-hybridized carbons (Fsp3) is 0.300. The van der Waals surface area contributed by atoms with Crippen LogP contribution < -0.4 is 10.1 Å². The van der Waals surface area contributed by atoms with Crippen molar-refractivity contribution >= 4 is 17.6 Å². The van der Waals surface area contributed by atoms with Gasteiger partial charge in [-0.25, -0.2) is 4.79 Å². The highest BCUT2D eigenvalue weighted by atomic mass is 16.5. The Balaban J connectivity index is 1.92. The van der Waals surface area contributed by atoms with Crippen molar-refractivity contribution in [1.29, 1.82) is 0 Å². The standard InChI is InChI=1S/C20H23NO4/c1-13(2)24-18-11-7-16(8-12-18)20(23)25-15(4)19(22)21-17-9-5-14(3)6-10-17/h5-13,15H,1-4H3,(H,21,22)/t15-/m0/s1. The summed E-state index contributed by atoms with van der Waals surface area (Å²) in [6, 6.07) is 14.0. The van der Waals surface area contributed by atoms with E-state index >= 15 is 0 Å². The molecule has 0 aliphatic carbocycles. The van der Waals surface area contributed by atoms with Crippen LogP contribution in [0.1, 0.15) is 36.7 Å². The topological polar surface area (TPSA) is 64.6 Å². The zero-order chi connectivity index (χ0) is 18.4. The van der Waals surface area contributed by atoms with E-state index in [2.05, 4.69) is 5.32 Å². The molecule has 0 heterocycles. The summed E-state index contributed by atoms with van der Waals surface area (Å²) >= 11 is 0. The van der Waals surface area contributed by atoms with E-state index in [1.807, 2.05) is 32.9 Å². The first-order chi connectivity index (χ1) is 11.8. The predicted octanol–water partition coefficient (Wildman–Crippen LogP) is 3.97. The monoisotopic (exact) mass is 341 g/mol. The highest BCUT2D eigenvalue weighted by molar-refractivity contribution is 5.97. The zero-order valence-electron chi connectivity index (χ0n) is 14.9. The first-order valence-corrected chi connectivity index (χ1v) is 8.20. The van der Waals surface area contributed by atoms with Crippen LogP contribution in [0.25, 0.3) is 0 Å². The minimum Gasteiger partial charge on any atom is -0.491 e. The third kappa shape index (κ3) is 5.64. The quantitative estimate of drug-likeness (QED) is 0.808. The summed E-state index contributed by atoms with van der Waals surface area (Å²) in [5, 5.41) is 2.72. The van der Waals surface area contributed by atoms with E-state index in [-0.39, 0.29) is 12.0 Å². The van der Waals surface area contributed by atoms with Gasteiger partial charge in [-0.2, -0.15) is 0 Å². The molecule has 0 saturated carbocycles. The fourth-order valence-electron chi connectivity index (χ4n) is 2.10. The van der Waals surface area contributed by atoms with E-state index in [4.69, 9.17) is 9.47 Å². The van der Waals surface area contributed by atoms with Gasteiger partial charge in [0, 0.05) is 5.69 Å². The number of hydrogen-bond acceptors (Lipinski definition) is 4. The van der Waals surface area contributed by atoms with E-state index in [1.165, 1.54) is 6.92 Å². The highest BCUT2D eigenvalue weighted by Gasteiger charge is 2.19. The first kappa shape index (κ1) is 18.5. The van der Waals surface area contributed by atoms with Crippen LogP contribution in [-0.2, 0) is 9.53 Å². The minimum atomic E-state index is -0.902. The van der Waals surface area contributed by atoms with Gasteiger partial charge in [-0.1, -0.05) is 17.7 Å². The average molecular weight is 341 g/mol. The number of hydrogen-bond donors (Lipinski definition) is 1. The molecule has 5 nitrogen and oxygen atoms in total. The summed E-state index contributed by atoms with van der Waals surface area (Å²) in [6.45, 7) is 7.36. The molecule has 0 aliphatic rings. The molecule has 5 heteroatoms. The van der Waals surface area contributed by atoms with Gasteiger partial charge in [0.2, 0.25) is 0 Å². The maximum absolute atomic E-state index is 12.1. The van der Waals surface area contributed by atoms with Gasteiger partial charge in [0.25, 0.3) is 5.91 Å². The van der Waals surface area contributed by atoms with E-state index in [0.29, 0.717) is 17.0 Å². The molecule has 132 valence electrons. The fourth-order valence-corrected chi connectivity index (χ4v) is 2.10. The number of carbonyl (C=O) groups is 2. The van der Waals surface area contributed by atoms with Gasteiger partial charge >= 0.3 is 5.97 Å². The van der Waals surface area contributed by atoms with Gasteiger partial charge in [0.1, 0.15) is 5.75 Å². The maximum atomic E-state index is 12.1. The molecule has 1 N–H and O–H groups in total. The van der Waals surface area contributed by atoms with Crippen molar-refractivity contribution < 1.29 is 19.1 Å². The van der Waals surface area contributed by atoms with Crippen LogP contribution in [0.2, 0.25) is 0 Å². The molecule has 0 saturated heterocycles. The molecular weight excluding hydrogens is 318 g/mol. The van der Waals surface area contributed by atoms with Crippen LogP contribution >= 0.6 is 0 Å². The van der Waals surface area contributed by atoms with Crippen LogP contribution in [0, 0.1) is 6.92 Å². The Kier molecular flexibility index (Phi) is 6.17. The van der Waals surface area contributed by atoms with Crippen molar-refractivity contribution in [2.75, 3.05) is 5.32 Å². The molecule has 1 amide bonds. The largest absolute Gasteiger partial charge is 0.491 e. The lowest BCUT2D eigenvalue weighted by atomic mass is 10.2. The lowest BCUT2D eigenvalue weighted by Crippen LogP contribution is -2.30. The molecular formula is C20H23NO4. The third-order valence-corrected chi connectivity index (χ3v) is 3.43. The van der Waals surface area contributed by atoms with Crippen molar-refractivity contribution in [3.63, 3.8) is 0 Å². The number of rotatable bonds is 6. The lowest BCUT2D eigenvalue weighted by Gasteiger charge is -2.14. The Bertz CT molecular complexity index is 720. The summed E-state index contributed by atoms with van der Waals surface area (Å²) in [6.07, 6.45) is -0.844. The molecule has 2 aromatic carbocycles. The molecule has 2 aromatic rings. The molecule has 0 spiro atoms. The van der Waals surface area contributed by atoms with Crippen LogP contribution in [0.3, 0.4) is 0 Å². The molecule has 0 fully saturated rings. The Morgan fingerprint density at radius 3 is 2.08 bits per heavy atom. The van der Waals surface area contributed by atoms with Crippen LogP contribution in [-0.4, -0.2) is 24.1 Å². The summed E-state index contributed by atoms with van der Waals surface area (Å²) in [5.74, 6) is -0.253. The smallest absolute Gasteiger partial charge is 0.338 e. The number of nitrogens with one attached hydrogen (secondary N) is 1. The summed E-state index contributed by atoms with van der Waals surface area (Å²) in [4.78, 5) is 24.3. The van der Waals surface area contributed by atoms with Gasteiger partial charge in [-0.15, -0.1) is 0 Å². The molecule has 25 heavy (non-hydrogen) atoms. The Hall–Kier alpha value is -2.82. The highest BCUT2D eigenvalue weighted by Crippen LogP contribution is 2.15. The second-order valence-corrected chi connectivity index (χ2v) is 6.09. The normalized spacial score (nSPS) is 11.7. The van der Waals surface area contributed by atoms with E-state index in [0.717, 1.165) is 5.56 Å². The molecule has 0 aromatic heterocycles. The zero-order valence-corrected chi connectivity index (χ0v) is 14.9. The van der Waals surface area contributed by atoms with Crippen LogP contribution in [0.4, 0.5) is 5.69 Å². The van der Waals surface area contributed by atoms with Crippen LogP contribution in [0.5, 0.6) is 5.75 Å². The SMILES string of the molecule is Cc1ccc(NC(=O)[C@H](C)OC(=O)c2ccc(OC(C)C)cc2)cc1. The number of amides is 1. The van der Waals surface area contributed by atoms with Crippen molar-refractivity contribution in [2.24, 2.45) is 0 Å². The van der Waals surface area contributed by atoms with Crippen molar-refractivity contribution in [1.82, 2.24) is 0 Å². The Morgan fingerprint density at radius 2 is 1.52 bits per heavy atom. The molecule has 0 radical (unpaired) electrons. The average Bonchev–Trinajstić information content (AvgIpc) is 2.57. The maximum Gasteiger partial charge on any atom is 0.338 e. The third-order valence-electron chi connectivity index (χ3n) is 3.43. The van der Waals surface area contributed by atoms with E-state index in [9.17, 15) is 9.59 Å². The number of aryl methyl sites for hydroxylation is 1. The second kappa shape index (κ2) is 8.33. The second-order valence-electron chi connectivity index (χ2n) is 6.09. The summed E-state index contributed by atoms with van der Waals surface area (Å²) in [7, 11) is 0. The molecule has 1 atom stereocenters. The molecule has 0 unspecified atom stereocenters. The molecule has 0 bridgehead atoms. The molecule has 2 rings (SSSR count). The number of carbonyl (C=O) groups excluding carboxylic acids is 2. The summed E-state index contributed by atoms with van der Waals surface area (Å²) < 4.78 is 10.8. The van der Waals surface area contributed by atoms with E-state index < -0.39 is 12.1 Å². The Morgan fingerprint density at radius 1 is 0.920 bits per heavy atom. The predicted molar refractivity (Wildman–Crippen MR) is 96.9 cm³/mol. The number of ether oxygens (including phenoxy) is 2. The van der Waals surface area contributed by atoms with Gasteiger partial charge in [0.15, 0.2) is 6.10 Å².